The monoisotopic (exact) mass is 136 g/mol. The maximum atomic E-state index is 8.54. The van der Waals surface area contributed by atoms with Crippen LogP contribution in [-0.4, -0.2) is 0 Å². The van der Waals surface area contributed by atoms with E-state index < -0.39 is 14.0 Å². The minimum atomic E-state index is -3.79. The van der Waals surface area contributed by atoms with E-state index in [-0.39, 0.29) is 12.4 Å². The minimum absolute atomic E-state index is 0. The molecule has 0 rings (SSSR count). The van der Waals surface area contributed by atoms with Crippen LogP contribution < -0.4 is 0 Å². The molecule has 0 aromatic carbocycles. The number of hydrogen-bond acceptors (Lipinski definition) is 3. The molecular formula is HClCrO3. The molecule has 32 valence electrons. The van der Waals surface area contributed by atoms with Crippen molar-refractivity contribution in [1.82, 2.24) is 0 Å². The second kappa shape index (κ2) is 4.22. The number of halogens is 1. The maximum absolute atomic E-state index is 8.54. The predicted molar refractivity (Wildman–Crippen MR) is 9.31 cm³/mol. The van der Waals surface area contributed by atoms with Crippen LogP contribution in [0.3, 0.4) is 0 Å². The Morgan fingerprint density at radius 3 is 1.00 bits per heavy atom. The molecular weight excluding hydrogens is 135 g/mol. The van der Waals surface area contributed by atoms with Crippen molar-refractivity contribution < 1.29 is 25.4 Å². The Hall–Kier alpha value is 0.222. The van der Waals surface area contributed by atoms with Crippen molar-refractivity contribution in [3.8, 4) is 0 Å². The topological polar surface area (TPSA) is 51.2 Å². The summed E-state index contributed by atoms with van der Waals surface area (Å²) in [7, 11) is 0. The van der Waals surface area contributed by atoms with E-state index in [4.69, 9.17) is 11.4 Å². The van der Waals surface area contributed by atoms with Gasteiger partial charge in [0.2, 0.25) is 0 Å². The first kappa shape index (κ1) is 8.97. The Kier molecular flexibility index (Phi) is 7.57. The first-order valence-electron chi connectivity index (χ1n) is 0.500. The van der Waals surface area contributed by atoms with Gasteiger partial charge in [0.25, 0.3) is 0 Å². The van der Waals surface area contributed by atoms with E-state index in [0.29, 0.717) is 0 Å². The van der Waals surface area contributed by atoms with E-state index in [1.165, 1.54) is 0 Å². The first-order valence-corrected chi connectivity index (χ1v) is 2.06. The van der Waals surface area contributed by atoms with Crippen LogP contribution in [-0.2, 0) is 25.4 Å². The third-order valence-electron chi connectivity index (χ3n) is 0. The van der Waals surface area contributed by atoms with Gasteiger partial charge >= 0.3 is 25.4 Å². The molecule has 0 aliphatic heterocycles. The van der Waals surface area contributed by atoms with Gasteiger partial charge in [-0.25, -0.2) is 0 Å². The molecule has 5 heteroatoms. The van der Waals surface area contributed by atoms with Crippen LogP contribution in [0.4, 0.5) is 0 Å². The molecule has 0 aliphatic carbocycles. The van der Waals surface area contributed by atoms with Gasteiger partial charge in [0, 0.05) is 0 Å². The van der Waals surface area contributed by atoms with Gasteiger partial charge in [-0.05, 0) is 0 Å². The van der Waals surface area contributed by atoms with E-state index in [0.717, 1.165) is 0 Å². The Morgan fingerprint density at radius 2 is 1.00 bits per heavy atom. The molecule has 0 fully saturated rings. The SMILES string of the molecule is Cl.[O]=[Cr](=[O])=[O]. The number of rotatable bonds is 0. The van der Waals surface area contributed by atoms with E-state index in [9.17, 15) is 0 Å². The summed E-state index contributed by atoms with van der Waals surface area (Å²) in [5, 5.41) is 0. The molecule has 0 unspecified atom stereocenters. The van der Waals surface area contributed by atoms with Gasteiger partial charge in [-0.2, -0.15) is 0 Å². The molecule has 0 amide bonds. The molecule has 0 aromatic heterocycles. The van der Waals surface area contributed by atoms with Gasteiger partial charge in [0.15, 0.2) is 0 Å². The fourth-order valence-corrected chi connectivity index (χ4v) is 0. The van der Waals surface area contributed by atoms with Gasteiger partial charge in [-0.1, -0.05) is 0 Å². The van der Waals surface area contributed by atoms with Crippen LogP contribution in [0.15, 0.2) is 0 Å². The molecule has 3 nitrogen and oxygen atoms in total. The molecule has 0 aromatic rings. The molecule has 0 saturated carbocycles. The van der Waals surface area contributed by atoms with Crippen LogP contribution in [0, 0.1) is 0 Å². The molecule has 0 aliphatic rings. The van der Waals surface area contributed by atoms with E-state index in [1.54, 1.807) is 0 Å². The van der Waals surface area contributed by atoms with Gasteiger partial charge in [0.05, 0.1) is 0 Å². The summed E-state index contributed by atoms with van der Waals surface area (Å²) in [6.07, 6.45) is 0. The quantitative estimate of drug-likeness (QED) is 0.473. The average Bonchev–Trinajstić information content (AvgIpc) is 0.811. The molecule has 5 heavy (non-hydrogen) atoms. The normalized spacial score (nSPS) is 4.80. The first-order chi connectivity index (χ1) is 1.73. The summed E-state index contributed by atoms with van der Waals surface area (Å²) < 4.78 is 25.6. The van der Waals surface area contributed by atoms with Crippen molar-refractivity contribution in [2.45, 2.75) is 0 Å². The van der Waals surface area contributed by atoms with Crippen molar-refractivity contribution in [2.24, 2.45) is 0 Å². The summed E-state index contributed by atoms with van der Waals surface area (Å²) in [6.45, 7) is 0. The fourth-order valence-electron chi connectivity index (χ4n) is 0. The van der Waals surface area contributed by atoms with Gasteiger partial charge < -0.3 is 0 Å². The van der Waals surface area contributed by atoms with Crippen molar-refractivity contribution in [3.05, 3.63) is 0 Å². The Labute approximate surface area is 38.4 Å². The molecule has 0 spiro atoms. The van der Waals surface area contributed by atoms with Crippen LogP contribution in [0.5, 0.6) is 0 Å². The average molecular weight is 136 g/mol. The van der Waals surface area contributed by atoms with Crippen LogP contribution in [0.25, 0.3) is 0 Å². The van der Waals surface area contributed by atoms with Gasteiger partial charge in [-0.15, -0.1) is 12.4 Å². The Bertz CT molecular complexity index is 76.3. The summed E-state index contributed by atoms with van der Waals surface area (Å²) in [5.41, 5.74) is 0. The van der Waals surface area contributed by atoms with E-state index in [2.05, 4.69) is 0 Å². The summed E-state index contributed by atoms with van der Waals surface area (Å²) in [6, 6.07) is 0. The zero-order chi connectivity index (χ0) is 3.58. The van der Waals surface area contributed by atoms with Crippen molar-refractivity contribution in [3.63, 3.8) is 0 Å². The third-order valence-corrected chi connectivity index (χ3v) is 0. The fraction of sp³-hybridized carbons (Fsp3) is 0. The third kappa shape index (κ3) is 421. The Morgan fingerprint density at radius 1 is 1.00 bits per heavy atom. The molecule has 0 bridgehead atoms. The Balaban J connectivity index is 0. The summed E-state index contributed by atoms with van der Waals surface area (Å²) in [4.78, 5) is 0. The number of hydrogen-bond donors (Lipinski definition) is 0. The molecule has 0 radical (unpaired) electrons. The predicted octanol–water partition coefficient (Wildman–Crippen LogP) is 0.0629. The van der Waals surface area contributed by atoms with E-state index in [1.807, 2.05) is 0 Å². The zero-order valence-corrected chi connectivity index (χ0v) is 4.13. The molecule has 0 saturated heterocycles. The van der Waals surface area contributed by atoms with Crippen LogP contribution in [0.2, 0.25) is 0 Å². The van der Waals surface area contributed by atoms with Crippen LogP contribution in [0.1, 0.15) is 0 Å². The molecule has 0 atom stereocenters. The standard InChI is InChI=1S/ClH.Cr.3O/h1H;;;;. The summed E-state index contributed by atoms with van der Waals surface area (Å²) in [5.74, 6) is 0. The molecule has 0 heterocycles. The second-order valence-electron chi connectivity index (χ2n) is 0.204. The zero-order valence-electron chi connectivity index (χ0n) is 2.04. The second-order valence-corrected chi connectivity index (χ2v) is 0.842. The van der Waals surface area contributed by atoms with Gasteiger partial charge in [-0.3, -0.25) is 0 Å². The molecule has 0 N–H and O–H groups in total. The van der Waals surface area contributed by atoms with Crippen molar-refractivity contribution in [2.75, 3.05) is 0 Å². The van der Waals surface area contributed by atoms with Crippen LogP contribution >= 0.6 is 12.4 Å². The van der Waals surface area contributed by atoms with Gasteiger partial charge in [0.1, 0.15) is 0 Å². The van der Waals surface area contributed by atoms with Crippen molar-refractivity contribution >= 4 is 12.4 Å². The summed E-state index contributed by atoms with van der Waals surface area (Å²) >= 11 is -3.79. The van der Waals surface area contributed by atoms with Crippen molar-refractivity contribution in [1.29, 1.82) is 0 Å². The van der Waals surface area contributed by atoms with E-state index >= 15 is 0 Å².